The van der Waals surface area contributed by atoms with Crippen LogP contribution in [-0.4, -0.2) is 26.8 Å². The average molecular weight is 388 g/mol. The molecular formula is C19H24N4O3S. The molecule has 0 aliphatic rings. The van der Waals surface area contributed by atoms with Gasteiger partial charge in [0.2, 0.25) is 11.8 Å². The summed E-state index contributed by atoms with van der Waals surface area (Å²) in [7, 11) is 0. The molecule has 0 radical (unpaired) electrons. The van der Waals surface area contributed by atoms with Crippen LogP contribution in [0.3, 0.4) is 0 Å². The number of benzene rings is 1. The summed E-state index contributed by atoms with van der Waals surface area (Å²) in [5.41, 5.74) is 3.30. The minimum Gasteiger partial charge on any atom is -0.494 e. The Kier molecular flexibility index (Phi) is 7.48. The summed E-state index contributed by atoms with van der Waals surface area (Å²) in [5.74, 6) is -0.569. The molecular weight excluding hydrogens is 364 g/mol. The number of amides is 1. The van der Waals surface area contributed by atoms with Crippen molar-refractivity contribution in [1.82, 2.24) is 15.0 Å². The number of aromatic hydroxyl groups is 1. The number of hydrazone groups is 1. The largest absolute Gasteiger partial charge is 0.494 e. The molecule has 7 nitrogen and oxygen atoms in total. The molecule has 0 aliphatic carbocycles. The molecule has 0 spiro atoms. The van der Waals surface area contributed by atoms with Crippen LogP contribution in [0.2, 0.25) is 0 Å². The fourth-order valence-electron chi connectivity index (χ4n) is 2.60. The Hall–Kier alpha value is -2.74. The zero-order chi connectivity index (χ0) is 19.8. The second-order valence-electron chi connectivity index (χ2n) is 6.27. The van der Waals surface area contributed by atoms with Crippen LogP contribution in [0.5, 0.6) is 5.88 Å². The van der Waals surface area contributed by atoms with Crippen LogP contribution in [0.25, 0.3) is 5.69 Å². The Morgan fingerprint density at radius 3 is 2.85 bits per heavy atom. The highest BCUT2D eigenvalue weighted by Crippen LogP contribution is 2.19. The van der Waals surface area contributed by atoms with E-state index in [1.54, 1.807) is 6.07 Å². The van der Waals surface area contributed by atoms with Crippen molar-refractivity contribution in [2.24, 2.45) is 5.10 Å². The predicted molar refractivity (Wildman–Crippen MR) is 108 cm³/mol. The van der Waals surface area contributed by atoms with Gasteiger partial charge in [-0.3, -0.25) is 19.1 Å². The summed E-state index contributed by atoms with van der Waals surface area (Å²) in [6, 6.07) is 7.32. The summed E-state index contributed by atoms with van der Waals surface area (Å²) in [4.78, 5) is 26.4. The molecule has 0 fully saturated rings. The van der Waals surface area contributed by atoms with Crippen LogP contribution in [0, 0.1) is 11.7 Å². The number of aromatic nitrogens is 2. The van der Waals surface area contributed by atoms with Crippen LogP contribution in [0.1, 0.15) is 50.2 Å². The van der Waals surface area contributed by atoms with Gasteiger partial charge in [0.05, 0.1) is 11.9 Å². The van der Waals surface area contributed by atoms with E-state index in [0.29, 0.717) is 12.1 Å². The number of rotatable bonds is 8. The molecule has 1 heterocycles. The van der Waals surface area contributed by atoms with Gasteiger partial charge in [-0.2, -0.15) is 5.10 Å². The number of carbonyl (C=O) groups is 1. The Balaban J connectivity index is 2.20. The molecule has 27 heavy (non-hydrogen) atoms. The molecule has 2 aromatic rings. The summed E-state index contributed by atoms with van der Waals surface area (Å²) in [6.45, 7) is 4.01. The number of H-pyrrole nitrogens is 1. The first-order valence-corrected chi connectivity index (χ1v) is 9.32. The van der Waals surface area contributed by atoms with E-state index in [-0.39, 0.29) is 22.1 Å². The summed E-state index contributed by atoms with van der Waals surface area (Å²) in [5, 5.41) is 14.3. The Morgan fingerprint density at radius 1 is 1.37 bits per heavy atom. The molecule has 144 valence electrons. The van der Waals surface area contributed by atoms with Crippen molar-refractivity contribution in [3.05, 3.63) is 50.5 Å². The quantitative estimate of drug-likeness (QED) is 0.279. The molecule has 0 aliphatic heterocycles. The van der Waals surface area contributed by atoms with Gasteiger partial charge < -0.3 is 5.11 Å². The van der Waals surface area contributed by atoms with E-state index < -0.39 is 5.56 Å². The first kappa shape index (κ1) is 20.6. The lowest BCUT2D eigenvalue weighted by Crippen LogP contribution is -2.21. The van der Waals surface area contributed by atoms with E-state index in [1.165, 1.54) is 4.57 Å². The van der Waals surface area contributed by atoms with Gasteiger partial charge in [0.25, 0.3) is 5.56 Å². The lowest BCUT2D eigenvalue weighted by atomic mass is 10.1. The molecule has 3 N–H and O–H groups in total. The number of unbranched alkanes of at least 4 members (excludes halogenated alkanes) is 3. The lowest BCUT2D eigenvalue weighted by molar-refractivity contribution is -0.121. The number of nitrogens with one attached hydrogen (secondary N) is 2. The number of carbonyl (C=O) groups excluding carboxylic acids is 1. The lowest BCUT2D eigenvalue weighted by Gasteiger charge is -2.11. The summed E-state index contributed by atoms with van der Waals surface area (Å²) < 4.78 is 1.41. The standard InChI is InChI=1S/C19H24N4O3S/c1-3-4-5-6-10-16(24)22-20-12-15-17(25)21-19(27)23(18(15)26)14-9-7-8-13(2)11-14/h7-9,11-12,26H,3-6,10H2,1-2H3,(H,22,24)(H,21,25,27). The first-order chi connectivity index (χ1) is 12.9. The number of aromatic amines is 1. The summed E-state index contributed by atoms with van der Waals surface area (Å²) in [6.07, 6.45) is 5.46. The number of hydrogen-bond donors (Lipinski definition) is 3. The SMILES string of the molecule is CCCCCCC(=O)NN=Cc1c(O)n(-c2cccc(C)c2)c(=S)[nH]c1=O. The fraction of sp³-hybridized carbons (Fsp3) is 0.368. The molecule has 0 atom stereocenters. The van der Waals surface area contributed by atoms with Crippen molar-refractivity contribution in [1.29, 1.82) is 0 Å². The molecule has 0 saturated carbocycles. The second kappa shape index (κ2) is 9.82. The van der Waals surface area contributed by atoms with Gasteiger partial charge in [0.1, 0.15) is 5.56 Å². The minimum atomic E-state index is -0.581. The highest BCUT2D eigenvalue weighted by Gasteiger charge is 2.12. The number of hydrogen-bond acceptors (Lipinski definition) is 5. The van der Waals surface area contributed by atoms with Crippen molar-refractivity contribution in [2.45, 2.75) is 46.0 Å². The van der Waals surface area contributed by atoms with E-state index in [9.17, 15) is 14.7 Å². The minimum absolute atomic E-state index is 0.0696. The molecule has 0 unspecified atom stereocenters. The third-order valence-electron chi connectivity index (χ3n) is 4.02. The molecule has 1 aromatic heterocycles. The third-order valence-corrected chi connectivity index (χ3v) is 4.31. The van der Waals surface area contributed by atoms with Crippen molar-refractivity contribution in [3.8, 4) is 11.6 Å². The molecule has 2 rings (SSSR count). The average Bonchev–Trinajstić information content (AvgIpc) is 2.61. The monoisotopic (exact) mass is 388 g/mol. The number of nitrogens with zero attached hydrogens (tertiary/aromatic N) is 2. The number of aryl methyl sites for hydroxylation is 1. The van der Waals surface area contributed by atoms with Crippen LogP contribution >= 0.6 is 12.2 Å². The van der Waals surface area contributed by atoms with Gasteiger partial charge in [-0.1, -0.05) is 38.3 Å². The van der Waals surface area contributed by atoms with Crippen LogP contribution < -0.4 is 11.0 Å². The Morgan fingerprint density at radius 2 is 2.15 bits per heavy atom. The second-order valence-corrected chi connectivity index (χ2v) is 6.66. The van der Waals surface area contributed by atoms with Gasteiger partial charge in [-0.05, 0) is 43.3 Å². The van der Waals surface area contributed by atoms with Gasteiger partial charge in [0.15, 0.2) is 4.77 Å². The van der Waals surface area contributed by atoms with Gasteiger partial charge in [0, 0.05) is 6.42 Å². The maximum absolute atomic E-state index is 12.1. The molecule has 0 saturated heterocycles. The maximum atomic E-state index is 12.1. The highest BCUT2D eigenvalue weighted by molar-refractivity contribution is 7.71. The van der Waals surface area contributed by atoms with Gasteiger partial charge in [-0.15, -0.1) is 0 Å². The van der Waals surface area contributed by atoms with Crippen LogP contribution in [-0.2, 0) is 4.79 Å². The predicted octanol–water partition coefficient (Wildman–Crippen LogP) is 3.33. The van der Waals surface area contributed by atoms with E-state index in [2.05, 4.69) is 22.4 Å². The first-order valence-electron chi connectivity index (χ1n) is 8.91. The van der Waals surface area contributed by atoms with Crippen LogP contribution in [0.15, 0.2) is 34.2 Å². The Labute approximate surface area is 162 Å². The topological polar surface area (TPSA) is 99.5 Å². The van der Waals surface area contributed by atoms with Gasteiger partial charge >= 0.3 is 0 Å². The molecule has 1 amide bonds. The smallest absolute Gasteiger partial charge is 0.264 e. The van der Waals surface area contributed by atoms with E-state index in [0.717, 1.165) is 37.5 Å². The highest BCUT2D eigenvalue weighted by atomic mass is 32.1. The molecule has 1 aromatic carbocycles. The van der Waals surface area contributed by atoms with Crippen molar-refractivity contribution in [2.75, 3.05) is 0 Å². The maximum Gasteiger partial charge on any atom is 0.264 e. The Bertz CT molecular complexity index is 947. The normalized spacial score (nSPS) is 11.0. The van der Waals surface area contributed by atoms with E-state index >= 15 is 0 Å². The zero-order valence-electron chi connectivity index (χ0n) is 15.5. The van der Waals surface area contributed by atoms with Crippen molar-refractivity contribution in [3.63, 3.8) is 0 Å². The van der Waals surface area contributed by atoms with Crippen molar-refractivity contribution < 1.29 is 9.90 Å². The summed E-state index contributed by atoms with van der Waals surface area (Å²) >= 11 is 5.17. The van der Waals surface area contributed by atoms with Crippen LogP contribution in [0.4, 0.5) is 0 Å². The fourth-order valence-corrected chi connectivity index (χ4v) is 2.88. The van der Waals surface area contributed by atoms with E-state index in [1.807, 2.05) is 25.1 Å². The third kappa shape index (κ3) is 5.62. The van der Waals surface area contributed by atoms with E-state index in [4.69, 9.17) is 12.2 Å². The molecule has 8 heteroatoms. The van der Waals surface area contributed by atoms with Gasteiger partial charge in [-0.25, -0.2) is 5.43 Å². The molecule has 0 bridgehead atoms. The zero-order valence-corrected chi connectivity index (χ0v) is 16.3. The van der Waals surface area contributed by atoms with Crippen molar-refractivity contribution >= 4 is 24.3 Å².